The van der Waals surface area contributed by atoms with Crippen molar-refractivity contribution in [2.45, 2.75) is 33.4 Å². The maximum absolute atomic E-state index is 14.0. The van der Waals surface area contributed by atoms with Gasteiger partial charge in [0.1, 0.15) is 0 Å². The Labute approximate surface area is 78.8 Å². The molecule has 3 heteroatoms. The minimum Gasteiger partial charge on any atom is -0.466 e. The zero-order valence-electron chi connectivity index (χ0n) is 8.85. The Hall–Kier alpha value is -0.860. The van der Waals surface area contributed by atoms with Crippen molar-refractivity contribution in [1.82, 2.24) is 0 Å². The molecule has 0 aliphatic heterocycles. The summed E-state index contributed by atoms with van der Waals surface area (Å²) in [6.07, 6.45) is 1.31. The summed E-state index contributed by atoms with van der Waals surface area (Å²) in [7, 11) is 1.19. The van der Waals surface area contributed by atoms with Crippen LogP contribution < -0.4 is 0 Å². The first-order valence-corrected chi connectivity index (χ1v) is 4.28. The normalized spacial score (nSPS) is 15.0. The van der Waals surface area contributed by atoms with E-state index in [1.165, 1.54) is 13.2 Å². The Bertz CT molecular complexity index is 217. The van der Waals surface area contributed by atoms with Crippen molar-refractivity contribution in [3.8, 4) is 0 Å². The van der Waals surface area contributed by atoms with E-state index in [-0.39, 0.29) is 0 Å². The van der Waals surface area contributed by atoms with Crippen molar-refractivity contribution in [2.75, 3.05) is 7.11 Å². The molecule has 0 heterocycles. The molecule has 76 valence electrons. The second-order valence-electron chi connectivity index (χ2n) is 3.64. The maximum Gasteiger partial charge on any atom is 0.347 e. The minimum atomic E-state index is -1.99. The summed E-state index contributed by atoms with van der Waals surface area (Å²) in [6, 6.07) is 0. The predicted molar refractivity (Wildman–Crippen MR) is 50.1 cm³/mol. The molecule has 0 aromatic carbocycles. The molecular weight excluding hydrogens is 171 g/mol. The number of esters is 1. The van der Waals surface area contributed by atoms with E-state index in [1.54, 1.807) is 27.7 Å². The van der Waals surface area contributed by atoms with Crippen LogP contribution in [0.2, 0.25) is 0 Å². The maximum atomic E-state index is 14.0. The molecule has 0 fully saturated rings. The second kappa shape index (κ2) is 4.40. The number of hydrogen-bond acceptors (Lipinski definition) is 2. The van der Waals surface area contributed by atoms with E-state index in [2.05, 4.69) is 4.74 Å². The quantitative estimate of drug-likeness (QED) is 0.502. The standard InChI is InChI=1S/C10H17FO2/c1-7(2)6-10(11,8(3)4)9(12)13-5/h6,8H,1-5H3. The number of methoxy groups -OCH3 is 1. The molecule has 0 rings (SSSR count). The largest absolute Gasteiger partial charge is 0.466 e. The van der Waals surface area contributed by atoms with Crippen LogP contribution in [-0.2, 0) is 9.53 Å². The van der Waals surface area contributed by atoms with Crippen LogP contribution in [0.25, 0.3) is 0 Å². The SMILES string of the molecule is COC(=O)C(F)(C=C(C)C)C(C)C. The van der Waals surface area contributed by atoms with Gasteiger partial charge in [-0.2, -0.15) is 0 Å². The summed E-state index contributed by atoms with van der Waals surface area (Å²) in [5.74, 6) is -1.25. The predicted octanol–water partition coefficient (Wildman–Crippen LogP) is 2.49. The van der Waals surface area contributed by atoms with Gasteiger partial charge in [0.15, 0.2) is 0 Å². The van der Waals surface area contributed by atoms with Crippen molar-refractivity contribution in [3.63, 3.8) is 0 Å². The van der Waals surface area contributed by atoms with Gasteiger partial charge in [-0.1, -0.05) is 19.4 Å². The fourth-order valence-corrected chi connectivity index (χ4v) is 1.04. The van der Waals surface area contributed by atoms with Crippen LogP contribution in [0.1, 0.15) is 27.7 Å². The lowest BCUT2D eigenvalue weighted by molar-refractivity contribution is -0.153. The monoisotopic (exact) mass is 188 g/mol. The molecule has 0 N–H and O–H groups in total. The topological polar surface area (TPSA) is 26.3 Å². The lowest BCUT2D eigenvalue weighted by Crippen LogP contribution is -2.38. The third-order valence-electron chi connectivity index (χ3n) is 1.84. The number of carbonyl (C=O) groups excluding carboxylic acids is 1. The summed E-state index contributed by atoms with van der Waals surface area (Å²) >= 11 is 0. The molecule has 13 heavy (non-hydrogen) atoms. The van der Waals surface area contributed by atoms with Crippen molar-refractivity contribution in [1.29, 1.82) is 0 Å². The lowest BCUT2D eigenvalue weighted by Gasteiger charge is -2.23. The van der Waals surface area contributed by atoms with Gasteiger partial charge in [0.25, 0.3) is 0 Å². The van der Waals surface area contributed by atoms with E-state index in [4.69, 9.17) is 0 Å². The molecule has 0 aromatic rings. The average Bonchev–Trinajstić information content (AvgIpc) is 2.01. The highest BCUT2D eigenvalue weighted by molar-refractivity contribution is 5.82. The Morgan fingerprint density at radius 3 is 2.15 bits per heavy atom. The first-order valence-electron chi connectivity index (χ1n) is 4.28. The zero-order valence-corrected chi connectivity index (χ0v) is 8.85. The van der Waals surface area contributed by atoms with Gasteiger partial charge in [-0.15, -0.1) is 0 Å². The van der Waals surface area contributed by atoms with Gasteiger partial charge in [0.2, 0.25) is 5.67 Å². The summed E-state index contributed by atoms with van der Waals surface area (Å²) < 4.78 is 18.4. The van der Waals surface area contributed by atoms with E-state index in [1.807, 2.05) is 0 Å². The van der Waals surface area contributed by atoms with E-state index >= 15 is 0 Å². The van der Waals surface area contributed by atoms with E-state index in [0.717, 1.165) is 5.57 Å². The number of allylic oxidation sites excluding steroid dienone is 1. The molecule has 1 unspecified atom stereocenters. The Morgan fingerprint density at radius 2 is 1.92 bits per heavy atom. The highest BCUT2D eigenvalue weighted by atomic mass is 19.1. The molecule has 0 aliphatic rings. The molecule has 0 amide bonds. The summed E-state index contributed by atoms with van der Waals surface area (Å²) in [6.45, 7) is 6.80. The fraction of sp³-hybridized carbons (Fsp3) is 0.700. The molecule has 0 saturated carbocycles. The molecule has 2 nitrogen and oxygen atoms in total. The summed E-state index contributed by atoms with van der Waals surface area (Å²) in [4.78, 5) is 11.2. The van der Waals surface area contributed by atoms with Gasteiger partial charge in [-0.05, 0) is 19.9 Å². The van der Waals surface area contributed by atoms with Crippen LogP contribution in [0.3, 0.4) is 0 Å². The molecular formula is C10H17FO2. The third-order valence-corrected chi connectivity index (χ3v) is 1.84. The zero-order chi connectivity index (χ0) is 10.6. The van der Waals surface area contributed by atoms with Gasteiger partial charge in [-0.3, -0.25) is 0 Å². The molecule has 0 aromatic heterocycles. The van der Waals surface area contributed by atoms with Crippen molar-refractivity contribution in [3.05, 3.63) is 11.6 Å². The van der Waals surface area contributed by atoms with E-state index in [9.17, 15) is 9.18 Å². The van der Waals surface area contributed by atoms with Gasteiger partial charge in [0, 0.05) is 5.92 Å². The minimum absolute atomic E-state index is 0.421. The summed E-state index contributed by atoms with van der Waals surface area (Å²) in [5, 5.41) is 0. The number of rotatable bonds is 3. The third kappa shape index (κ3) is 2.83. The first-order chi connectivity index (χ1) is 5.84. The summed E-state index contributed by atoms with van der Waals surface area (Å²) in [5.41, 5.74) is -1.23. The Balaban J connectivity index is 4.95. The van der Waals surface area contributed by atoms with Gasteiger partial charge >= 0.3 is 5.97 Å². The van der Waals surface area contributed by atoms with Gasteiger partial charge < -0.3 is 4.74 Å². The second-order valence-corrected chi connectivity index (χ2v) is 3.64. The molecule has 0 spiro atoms. The van der Waals surface area contributed by atoms with Crippen LogP contribution in [0, 0.1) is 5.92 Å². The Kier molecular flexibility index (Phi) is 4.11. The van der Waals surface area contributed by atoms with Crippen molar-refractivity contribution < 1.29 is 13.9 Å². The molecule has 1 atom stereocenters. The molecule has 0 aliphatic carbocycles. The highest BCUT2D eigenvalue weighted by Crippen LogP contribution is 2.26. The van der Waals surface area contributed by atoms with Crippen LogP contribution >= 0.6 is 0 Å². The molecule has 0 radical (unpaired) electrons. The number of halogens is 1. The van der Waals surface area contributed by atoms with Crippen molar-refractivity contribution >= 4 is 5.97 Å². The fourth-order valence-electron chi connectivity index (χ4n) is 1.04. The Morgan fingerprint density at radius 1 is 1.46 bits per heavy atom. The smallest absolute Gasteiger partial charge is 0.347 e. The van der Waals surface area contributed by atoms with E-state index < -0.39 is 17.6 Å². The van der Waals surface area contributed by atoms with Crippen LogP contribution in [-0.4, -0.2) is 18.7 Å². The molecule has 0 bridgehead atoms. The van der Waals surface area contributed by atoms with Gasteiger partial charge in [0.05, 0.1) is 7.11 Å². The van der Waals surface area contributed by atoms with Gasteiger partial charge in [-0.25, -0.2) is 9.18 Å². The number of ether oxygens (including phenoxy) is 1. The highest BCUT2D eigenvalue weighted by Gasteiger charge is 2.40. The lowest BCUT2D eigenvalue weighted by atomic mass is 9.90. The van der Waals surface area contributed by atoms with Crippen molar-refractivity contribution in [2.24, 2.45) is 5.92 Å². The number of alkyl halides is 1. The van der Waals surface area contributed by atoms with Crippen LogP contribution in [0.4, 0.5) is 4.39 Å². The number of hydrogen-bond donors (Lipinski definition) is 0. The van der Waals surface area contributed by atoms with Crippen LogP contribution in [0.15, 0.2) is 11.6 Å². The number of carbonyl (C=O) groups is 1. The van der Waals surface area contributed by atoms with Crippen LogP contribution in [0.5, 0.6) is 0 Å². The molecule has 0 saturated heterocycles. The van der Waals surface area contributed by atoms with E-state index in [0.29, 0.717) is 0 Å². The first kappa shape index (κ1) is 12.1. The average molecular weight is 188 g/mol.